The maximum absolute atomic E-state index is 12.6. The SMILES string of the molecule is C=CCn1c(CC(=O)Nc2ccc(Cl)cc2)nnc1SCC(=O)Nc1c(C)cc(C)cc1C. The molecule has 2 N–H and O–H groups in total. The minimum absolute atomic E-state index is 0.0397. The standard InChI is InChI=1S/C24H26ClN5O2S/c1-5-10-30-20(13-21(31)26-19-8-6-18(25)7-9-19)28-29-24(30)33-14-22(32)27-23-16(3)11-15(2)12-17(23)4/h5-9,11-12H,1,10,13-14H2,2-4H3,(H,26,31)(H,27,32). The molecule has 0 atom stereocenters. The molecule has 0 bridgehead atoms. The van der Waals surface area contributed by atoms with Crippen molar-refractivity contribution < 1.29 is 9.59 Å². The summed E-state index contributed by atoms with van der Waals surface area (Å²) in [5, 5.41) is 15.3. The number of benzene rings is 2. The molecule has 2 amide bonds. The van der Waals surface area contributed by atoms with Crippen LogP contribution >= 0.6 is 23.4 Å². The summed E-state index contributed by atoms with van der Waals surface area (Å²) in [7, 11) is 0. The number of amides is 2. The number of hydrogen-bond acceptors (Lipinski definition) is 5. The summed E-state index contributed by atoms with van der Waals surface area (Å²) in [6.07, 6.45) is 1.74. The van der Waals surface area contributed by atoms with Gasteiger partial charge in [0.2, 0.25) is 11.8 Å². The van der Waals surface area contributed by atoms with Crippen LogP contribution in [0.15, 0.2) is 54.2 Å². The maximum atomic E-state index is 12.6. The Labute approximate surface area is 202 Å². The molecule has 0 aliphatic carbocycles. The zero-order valence-corrected chi connectivity index (χ0v) is 20.4. The van der Waals surface area contributed by atoms with Gasteiger partial charge in [-0.25, -0.2) is 0 Å². The third-order valence-corrected chi connectivity index (χ3v) is 6.04. The van der Waals surface area contributed by atoms with Crippen LogP contribution in [0.1, 0.15) is 22.5 Å². The molecule has 7 nitrogen and oxygen atoms in total. The number of carbonyl (C=O) groups is 2. The van der Waals surface area contributed by atoms with Crippen LogP contribution in [0.3, 0.4) is 0 Å². The number of halogens is 1. The average Bonchev–Trinajstić information content (AvgIpc) is 3.12. The number of nitrogens with one attached hydrogen (secondary N) is 2. The molecule has 0 radical (unpaired) electrons. The van der Waals surface area contributed by atoms with Crippen molar-refractivity contribution in [3.63, 3.8) is 0 Å². The first-order valence-electron chi connectivity index (χ1n) is 10.4. The van der Waals surface area contributed by atoms with Crippen molar-refractivity contribution >= 4 is 46.6 Å². The highest BCUT2D eigenvalue weighted by atomic mass is 35.5. The van der Waals surface area contributed by atoms with Crippen LogP contribution in [-0.4, -0.2) is 32.3 Å². The lowest BCUT2D eigenvalue weighted by atomic mass is 10.1. The second-order valence-electron chi connectivity index (χ2n) is 7.64. The predicted molar refractivity (Wildman–Crippen MR) is 134 cm³/mol. The third-order valence-electron chi connectivity index (χ3n) is 4.83. The molecule has 1 heterocycles. The highest BCUT2D eigenvalue weighted by molar-refractivity contribution is 7.99. The van der Waals surface area contributed by atoms with E-state index >= 15 is 0 Å². The Bertz CT molecular complexity index is 1150. The smallest absolute Gasteiger partial charge is 0.234 e. The van der Waals surface area contributed by atoms with Gasteiger partial charge in [-0.05, 0) is 56.2 Å². The normalized spacial score (nSPS) is 10.7. The molecule has 172 valence electrons. The van der Waals surface area contributed by atoms with E-state index in [1.807, 2.05) is 32.9 Å². The number of nitrogens with zero attached hydrogens (tertiary/aromatic N) is 3. The van der Waals surface area contributed by atoms with E-state index in [9.17, 15) is 9.59 Å². The molecule has 0 aliphatic rings. The number of aromatic nitrogens is 3. The van der Waals surface area contributed by atoms with Crippen LogP contribution in [0, 0.1) is 20.8 Å². The van der Waals surface area contributed by atoms with Gasteiger partial charge in [-0.1, -0.05) is 47.1 Å². The Morgan fingerprint density at radius 1 is 1.06 bits per heavy atom. The molecular weight excluding hydrogens is 458 g/mol. The Balaban J connectivity index is 1.64. The second kappa shape index (κ2) is 11.2. The fraction of sp³-hybridized carbons (Fsp3) is 0.250. The summed E-state index contributed by atoms with van der Waals surface area (Å²) < 4.78 is 1.79. The molecule has 0 saturated carbocycles. The quantitative estimate of drug-likeness (QED) is 0.332. The predicted octanol–water partition coefficient (Wildman–Crippen LogP) is 4.95. The summed E-state index contributed by atoms with van der Waals surface area (Å²) in [4.78, 5) is 25.0. The maximum Gasteiger partial charge on any atom is 0.234 e. The van der Waals surface area contributed by atoms with E-state index in [1.165, 1.54) is 11.8 Å². The minimum atomic E-state index is -0.227. The van der Waals surface area contributed by atoms with Gasteiger partial charge in [0.15, 0.2) is 5.16 Å². The van der Waals surface area contributed by atoms with Crippen molar-refractivity contribution in [3.05, 3.63) is 76.6 Å². The number of rotatable bonds is 9. The van der Waals surface area contributed by atoms with Crippen molar-refractivity contribution in [1.29, 1.82) is 0 Å². The first-order valence-corrected chi connectivity index (χ1v) is 11.7. The molecule has 0 saturated heterocycles. The van der Waals surface area contributed by atoms with Gasteiger partial charge in [-0.15, -0.1) is 16.8 Å². The Morgan fingerprint density at radius 3 is 2.36 bits per heavy atom. The van der Waals surface area contributed by atoms with E-state index in [0.29, 0.717) is 28.2 Å². The first-order chi connectivity index (χ1) is 15.8. The molecular formula is C24H26ClN5O2S. The zero-order chi connectivity index (χ0) is 24.0. The topological polar surface area (TPSA) is 88.9 Å². The Morgan fingerprint density at radius 2 is 1.73 bits per heavy atom. The number of carbonyl (C=O) groups excluding carboxylic acids is 2. The molecule has 3 rings (SSSR count). The van der Waals surface area contributed by atoms with Gasteiger partial charge in [0.25, 0.3) is 0 Å². The summed E-state index contributed by atoms with van der Waals surface area (Å²) >= 11 is 7.15. The van der Waals surface area contributed by atoms with Crippen molar-refractivity contribution in [1.82, 2.24) is 14.8 Å². The monoisotopic (exact) mass is 483 g/mol. The van der Waals surface area contributed by atoms with Crippen molar-refractivity contribution in [2.45, 2.75) is 38.9 Å². The molecule has 3 aromatic rings. The lowest BCUT2D eigenvalue weighted by Gasteiger charge is -2.13. The van der Waals surface area contributed by atoms with Gasteiger partial charge in [0.05, 0.1) is 12.2 Å². The van der Waals surface area contributed by atoms with Crippen LogP contribution in [0.2, 0.25) is 5.02 Å². The van der Waals surface area contributed by atoms with Crippen LogP contribution in [-0.2, 0) is 22.6 Å². The summed E-state index contributed by atoms with van der Waals surface area (Å²) in [6.45, 7) is 10.2. The third kappa shape index (κ3) is 6.69. The van der Waals surface area contributed by atoms with Crippen molar-refractivity contribution in [2.75, 3.05) is 16.4 Å². The molecule has 0 aliphatic heterocycles. The summed E-state index contributed by atoms with van der Waals surface area (Å²) in [5.41, 5.74) is 4.68. The number of aryl methyl sites for hydroxylation is 3. The Kier molecular flexibility index (Phi) is 8.30. The number of hydrogen-bond donors (Lipinski definition) is 2. The van der Waals surface area contributed by atoms with Crippen molar-refractivity contribution in [2.24, 2.45) is 0 Å². The van der Waals surface area contributed by atoms with Gasteiger partial charge in [-0.3, -0.25) is 9.59 Å². The number of anilines is 2. The van der Waals surface area contributed by atoms with Crippen LogP contribution in [0.5, 0.6) is 0 Å². The molecule has 1 aromatic heterocycles. The van der Waals surface area contributed by atoms with Gasteiger partial charge in [0.1, 0.15) is 5.82 Å². The van der Waals surface area contributed by atoms with E-state index in [1.54, 1.807) is 34.9 Å². The average molecular weight is 484 g/mol. The van der Waals surface area contributed by atoms with Gasteiger partial charge < -0.3 is 15.2 Å². The number of thioether (sulfide) groups is 1. The van der Waals surface area contributed by atoms with Gasteiger partial charge >= 0.3 is 0 Å². The largest absolute Gasteiger partial charge is 0.326 e. The molecule has 33 heavy (non-hydrogen) atoms. The molecule has 0 unspecified atom stereocenters. The second-order valence-corrected chi connectivity index (χ2v) is 9.02. The fourth-order valence-corrected chi connectivity index (χ4v) is 4.33. The number of allylic oxidation sites excluding steroid dienone is 1. The Hall–Kier alpha value is -3.10. The van der Waals surface area contributed by atoms with E-state index in [0.717, 1.165) is 22.4 Å². The van der Waals surface area contributed by atoms with Gasteiger partial charge in [-0.2, -0.15) is 0 Å². The molecule has 0 fully saturated rings. The lowest BCUT2D eigenvalue weighted by Crippen LogP contribution is -2.18. The summed E-state index contributed by atoms with van der Waals surface area (Å²) in [6, 6.07) is 10.9. The van der Waals surface area contributed by atoms with Gasteiger partial charge in [0, 0.05) is 22.9 Å². The van der Waals surface area contributed by atoms with E-state index in [4.69, 9.17) is 11.6 Å². The first kappa shape index (κ1) is 24.5. The highest BCUT2D eigenvalue weighted by Crippen LogP contribution is 2.23. The molecule has 9 heteroatoms. The van der Waals surface area contributed by atoms with E-state index in [-0.39, 0.29) is 24.0 Å². The van der Waals surface area contributed by atoms with Crippen LogP contribution in [0.25, 0.3) is 0 Å². The van der Waals surface area contributed by atoms with E-state index < -0.39 is 0 Å². The van der Waals surface area contributed by atoms with Crippen molar-refractivity contribution in [3.8, 4) is 0 Å². The highest BCUT2D eigenvalue weighted by Gasteiger charge is 2.17. The van der Waals surface area contributed by atoms with Crippen LogP contribution < -0.4 is 10.6 Å². The lowest BCUT2D eigenvalue weighted by molar-refractivity contribution is -0.116. The zero-order valence-electron chi connectivity index (χ0n) is 18.8. The fourth-order valence-electron chi connectivity index (χ4n) is 3.43. The van der Waals surface area contributed by atoms with E-state index in [2.05, 4.69) is 27.4 Å². The molecule has 0 spiro atoms. The molecule has 2 aromatic carbocycles. The minimum Gasteiger partial charge on any atom is -0.326 e. The summed E-state index contributed by atoms with van der Waals surface area (Å²) in [5.74, 6) is 0.299. The van der Waals surface area contributed by atoms with Crippen LogP contribution in [0.4, 0.5) is 11.4 Å².